The zero-order valence-electron chi connectivity index (χ0n) is 13.7. The standard InChI is InChI=1S/C18H21NO3S/c1-4-5-14-19(15-8-6-7-9-17(3)20)23(21,22)18-12-10-16(2)11-13-18/h10-13H,7,9,14-15H2,1-3H3. The third-order valence-electron chi connectivity index (χ3n) is 3.07. The molecule has 1 rings (SSSR count). The number of carbonyl (C=O) groups is 1. The average Bonchev–Trinajstić information content (AvgIpc) is 2.50. The fraction of sp³-hybridized carbons (Fsp3) is 0.389. The van der Waals surface area contributed by atoms with Gasteiger partial charge >= 0.3 is 0 Å². The molecule has 0 aliphatic heterocycles. The monoisotopic (exact) mass is 331 g/mol. The molecular formula is C18H21NO3S. The summed E-state index contributed by atoms with van der Waals surface area (Å²) in [6.45, 7) is 5.22. The van der Waals surface area contributed by atoms with E-state index in [9.17, 15) is 13.2 Å². The molecule has 122 valence electrons. The number of sulfonamides is 1. The van der Waals surface area contributed by atoms with E-state index in [1.807, 2.05) is 6.92 Å². The summed E-state index contributed by atoms with van der Waals surface area (Å²) >= 11 is 0. The molecule has 0 fully saturated rings. The Bertz CT molecular complexity index is 756. The lowest BCUT2D eigenvalue weighted by Crippen LogP contribution is -2.32. The number of nitrogens with zero attached hydrogens (tertiary/aromatic N) is 1. The molecule has 0 aromatic heterocycles. The third-order valence-corrected chi connectivity index (χ3v) is 4.88. The van der Waals surface area contributed by atoms with Crippen LogP contribution in [0.2, 0.25) is 0 Å². The van der Waals surface area contributed by atoms with Crippen molar-refractivity contribution >= 4 is 15.8 Å². The van der Waals surface area contributed by atoms with Crippen molar-refractivity contribution in [2.75, 3.05) is 13.1 Å². The first-order valence-corrected chi connectivity index (χ1v) is 8.73. The highest BCUT2D eigenvalue weighted by Gasteiger charge is 2.22. The van der Waals surface area contributed by atoms with Gasteiger partial charge in [0.15, 0.2) is 0 Å². The summed E-state index contributed by atoms with van der Waals surface area (Å²) in [7, 11) is -3.63. The number of aryl methyl sites for hydroxylation is 1. The Balaban J connectivity index is 2.92. The number of ketones is 1. The van der Waals surface area contributed by atoms with Crippen LogP contribution in [0.3, 0.4) is 0 Å². The maximum absolute atomic E-state index is 12.7. The minimum atomic E-state index is -3.63. The normalized spacial score (nSPS) is 10.4. The van der Waals surface area contributed by atoms with E-state index in [4.69, 9.17) is 0 Å². The summed E-state index contributed by atoms with van der Waals surface area (Å²) in [4.78, 5) is 11.1. The third kappa shape index (κ3) is 6.28. The first-order chi connectivity index (χ1) is 10.9. The van der Waals surface area contributed by atoms with Crippen molar-refractivity contribution in [2.24, 2.45) is 0 Å². The smallest absolute Gasteiger partial charge is 0.244 e. The maximum Gasteiger partial charge on any atom is 0.244 e. The Morgan fingerprint density at radius 1 is 1.09 bits per heavy atom. The molecule has 0 radical (unpaired) electrons. The highest BCUT2D eigenvalue weighted by molar-refractivity contribution is 7.89. The summed E-state index contributed by atoms with van der Waals surface area (Å²) in [6, 6.07) is 6.69. The van der Waals surface area contributed by atoms with Crippen molar-refractivity contribution in [3.8, 4) is 23.7 Å². The van der Waals surface area contributed by atoms with Gasteiger partial charge in [-0.2, -0.15) is 4.31 Å². The summed E-state index contributed by atoms with van der Waals surface area (Å²) in [6.07, 6.45) is 0.819. The molecule has 0 aliphatic carbocycles. The van der Waals surface area contributed by atoms with Crippen LogP contribution in [-0.4, -0.2) is 31.6 Å². The predicted molar refractivity (Wildman–Crippen MR) is 91.1 cm³/mol. The van der Waals surface area contributed by atoms with E-state index in [1.54, 1.807) is 31.2 Å². The van der Waals surface area contributed by atoms with E-state index < -0.39 is 10.0 Å². The number of hydrogen-bond donors (Lipinski definition) is 0. The predicted octanol–water partition coefficient (Wildman–Crippen LogP) is 2.38. The molecule has 1 aromatic rings. The van der Waals surface area contributed by atoms with E-state index in [0.717, 1.165) is 5.56 Å². The van der Waals surface area contributed by atoms with Crippen molar-refractivity contribution in [3.05, 3.63) is 29.8 Å². The van der Waals surface area contributed by atoms with Gasteiger partial charge in [-0.1, -0.05) is 29.5 Å². The van der Waals surface area contributed by atoms with E-state index in [1.165, 1.54) is 11.2 Å². The highest BCUT2D eigenvalue weighted by atomic mass is 32.2. The summed E-state index contributed by atoms with van der Waals surface area (Å²) in [5.74, 6) is 11.2. The molecule has 23 heavy (non-hydrogen) atoms. The summed E-state index contributed by atoms with van der Waals surface area (Å²) < 4.78 is 26.6. The van der Waals surface area contributed by atoms with Gasteiger partial charge in [-0.15, -0.1) is 11.8 Å². The average molecular weight is 331 g/mol. The van der Waals surface area contributed by atoms with Gasteiger partial charge in [0.2, 0.25) is 10.0 Å². The van der Waals surface area contributed by atoms with Crippen molar-refractivity contribution in [3.63, 3.8) is 0 Å². The van der Waals surface area contributed by atoms with Gasteiger partial charge in [0.25, 0.3) is 0 Å². The van der Waals surface area contributed by atoms with Crippen LogP contribution >= 0.6 is 0 Å². The van der Waals surface area contributed by atoms with Crippen molar-refractivity contribution in [1.29, 1.82) is 0 Å². The van der Waals surface area contributed by atoms with Crippen LogP contribution < -0.4 is 0 Å². The van der Waals surface area contributed by atoms with Crippen LogP contribution in [0.15, 0.2) is 29.2 Å². The SMILES string of the molecule is CC#CCN(CC#CCCC(C)=O)S(=O)(=O)c1ccc(C)cc1. The first-order valence-electron chi connectivity index (χ1n) is 7.29. The summed E-state index contributed by atoms with van der Waals surface area (Å²) in [5, 5.41) is 0. The molecular weight excluding hydrogens is 310 g/mol. The van der Waals surface area contributed by atoms with Gasteiger partial charge in [-0.05, 0) is 32.9 Å². The molecule has 0 bridgehead atoms. The lowest BCUT2D eigenvalue weighted by atomic mass is 10.2. The number of Topliss-reactive ketones (excluding diaryl/α,β-unsaturated/α-hetero) is 1. The minimum Gasteiger partial charge on any atom is -0.300 e. The van der Waals surface area contributed by atoms with Gasteiger partial charge in [-0.3, -0.25) is 4.79 Å². The number of hydrogen-bond acceptors (Lipinski definition) is 3. The van der Waals surface area contributed by atoms with Gasteiger partial charge in [0, 0.05) is 12.8 Å². The second-order valence-electron chi connectivity index (χ2n) is 5.07. The van der Waals surface area contributed by atoms with Crippen LogP contribution in [0.5, 0.6) is 0 Å². The van der Waals surface area contributed by atoms with Crippen molar-refractivity contribution in [1.82, 2.24) is 4.31 Å². The number of rotatable bonds is 6. The molecule has 0 spiro atoms. The van der Waals surface area contributed by atoms with Crippen LogP contribution in [0, 0.1) is 30.6 Å². The topological polar surface area (TPSA) is 54.5 Å². The van der Waals surface area contributed by atoms with Gasteiger partial charge in [0.05, 0.1) is 18.0 Å². The Morgan fingerprint density at radius 3 is 2.26 bits per heavy atom. The second-order valence-corrected chi connectivity index (χ2v) is 7.01. The maximum atomic E-state index is 12.7. The Labute approximate surface area is 138 Å². The van der Waals surface area contributed by atoms with Gasteiger partial charge < -0.3 is 0 Å². The summed E-state index contributed by atoms with van der Waals surface area (Å²) in [5.41, 5.74) is 0.993. The van der Waals surface area contributed by atoms with Crippen molar-refractivity contribution < 1.29 is 13.2 Å². The molecule has 1 aromatic carbocycles. The van der Waals surface area contributed by atoms with Crippen LogP contribution in [0.25, 0.3) is 0 Å². The second kappa shape index (κ2) is 9.15. The molecule has 0 heterocycles. The van der Waals surface area contributed by atoms with E-state index in [2.05, 4.69) is 23.7 Å². The molecule has 0 atom stereocenters. The fourth-order valence-electron chi connectivity index (χ4n) is 1.72. The lowest BCUT2D eigenvalue weighted by molar-refractivity contribution is -0.116. The minimum absolute atomic E-state index is 0.0583. The Hall–Kier alpha value is -2.08. The lowest BCUT2D eigenvalue weighted by Gasteiger charge is -2.17. The molecule has 0 unspecified atom stereocenters. The van der Waals surface area contributed by atoms with Crippen LogP contribution in [-0.2, 0) is 14.8 Å². The largest absolute Gasteiger partial charge is 0.300 e. The zero-order valence-corrected chi connectivity index (χ0v) is 14.5. The number of benzene rings is 1. The van der Waals surface area contributed by atoms with Crippen LogP contribution in [0.4, 0.5) is 0 Å². The van der Waals surface area contributed by atoms with E-state index in [-0.39, 0.29) is 23.8 Å². The van der Waals surface area contributed by atoms with Gasteiger partial charge in [-0.25, -0.2) is 8.42 Å². The molecule has 0 saturated carbocycles. The van der Waals surface area contributed by atoms with Crippen LogP contribution in [0.1, 0.15) is 32.3 Å². The zero-order chi connectivity index (χ0) is 17.3. The molecule has 0 saturated heterocycles. The highest BCUT2D eigenvalue weighted by Crippen LogP contribution is 2.15. The Morgan fingerprint density at radius 2 is 1.70 bits per heavy atom. The van der Waals surface area contributed by atoms with Gasteiger partial charge in [0.1, 0.15) is 5.78 Å². The molecule has 5 heteroatoms. The quantitative estimate of drug-likeness (QED) is 0.752. The Kier molecular flexibility index (Phi) is 7.54. The fourth-order valence-corrected chi connectivity index (χ4v) is 2.97. The molecule has 0 amide bonds. The molecule has 0 N–H and O–H groups in total. The van der Waals surface area contributed by atoms with E-state index >= 15 is 0 Å². The van der Waals surface area contributed by atoms with Crippen molar-refractivity contribution in [2.45, 2.75) is 38.5 Å². The number of carbonyl (C=O) groups excluding carboxylic acids is 1. The van der Waals surface area contributed by atoms with E-state index in [0.29, 0.717) is 12.8 Å². The molecule has 4 nitrogen and oxygen atoms in total. The first kappa shape index (κ1) is 19.0. The molecule has 0 aliphatic rings.